The van der Waals surface area contributed by atoms with Crippen LogP contribution < -0.4 is 10.2 Å². The summed E-state index contributed by atoms with van der Waals surface area (Å²) in [5.74, 6) is -0.631. The molecule has 1 unspecified atom stereocenters. The lowest BCUT2D eigenvalue weighted by atomic mass is 10.1. The minimum absolute atomic E-state index is 0.0352. The van der Waals surface area contributed by atoms with Gasteiger partial charge in [0.2, 0.25) is 11.8 Å². The zero-order valence-corrected chi connectivity index (χ0v) is 13.9. The second-order valence-corrected chi connectivity index (χ2v) is 6.60. The third kappa shape index (κ3) is 3.33. The van der Waals surface area contributed by atoms with E-state index >= 15 is 0 Å². The molecule has 122 valence electrons. The van der Waals surface area contributed by atoms with Crippen molar-refractivity contribution in [2.75, 3.05) is 10.2 Å². The largest absolute Gasteiger partial charge is 0.326 e. The Morgan fingerprint density at radius 3 is 2.46 bits per heavy atom. The minimum atomic E-state index is -0.694. The molecule has 0 radical (unpaired) electrons. The van der Waals surface area contributed by atoms with Crippen molar-refractivity contribution in [3.8, 4) is 0 Å². The molecule has 1 aliphatic heterocycles. The number of amides is 3. The molecule has 24 heavy (non-hydrogen) atoms. The van der Waals surface area contributed by atoms with Crippen LogP contribution in [0.4, 0.5) is 16.2 Å². The predicted molar refractivity (Wildman–Crippen MR) is 95.1 cm³/mol. The third-order valence-corrected chi connectivity index (χ3v) is 4.74. The van der Waals surface area contributed by atoms with E-state index in [0.717, 1.165) is 17.3 Å². The van der Waals surface area contributed by atoms with E-state index in [0.29, 0.717) is 11.4 Å². The van der Waals surface area contributed by atoms with E-state index in [9.17, 15) is 14.4 Å². The summed E-state index contributed by atoms with van der Waals surface area (Å²) in [7, 11) is 0. The zero-order chi connectivity index (χ0) is 17.1. The van der Waals surface area contributed by atoms with E-state index in [1.807, 2.05) is 37.3 Å². The summed E-state index contributed by atoms with van der Waals surface area (Å²) in [6.45, 7) is 1.84. The van der Waals surface area contributed by atoms with Crippen molar-refractivity contribution < 1.29 is 14.4 Å². The number of rotatable bonds is 4. The summed E-state index contributed by atoms with van der Waals surface area (Å²) in [6, 6.07) is 16.2. The van der Waals surface area contributed by atoms with Gasteiger partial charge in [-0.25, -0.2) is 4.90 Å². The molecule has 1 heterocycles. The highest BCUT2D eigenvalue weighted by molar-refractivity contribution is 8.15. The fourth-order valence-corrected chi connectivity index (χ4v) is 3.50. The fourth-order valence-electron chi connectivity index (χ4n) is 2.52. The van der Waals surface area contributed by atoms with Gasteiger partial charge in [0, 0.05) is 12.1 Å². The SMILES string of the molecule is Cc1ccccc1N1C(=O)SC(CC(=O)Nc2ccccc2)C1=O. The topological polar surface area (TPSA) is 66.5 Å². The lowest BCUT2D eigenvalue weighted by Crippen LogP contribution is -2.33. The highest BCUT2D eigenvalue weighted by Gasteiger charge is 2.41. The van der Waals surface area contributed by atoms with Crippen molar-refractivity contribution in [2.24, 2.45) is 0 Å². The molecule has 1 aliphatic rings. The van der Waals surface area contributed by atoms with Gasteiger partial charge in [-0.15, -0.1) is 0 Å². The number of aryl methyl sites for hydroxylation is 1. The van der Waals surface area contributed by atoms with E-state index in [4.69, 9.17) is 0 Å². The average molecular weight is 340 g/mol. The molecule has 0 saturated carbocycles. The standard InChI is InChI=1S/C18H16N2O3S/c1-12-7-5-6-10-14(12)20-17(22)15(24-18(20)23)11-16(21)19-13-8-3-2-4-9-13/h2-10,15H,11H2,1H3,(H,19,21). The van der Waals surface area contributed by atoms with Gasteiger partial charge in [0.15, 0.2) is 0 Å². The predicted octanol–water partition coefficient (Wildman–Crippen LogP) is 3.59. The van der Waals surface area contributed by atoms with Crippen LogP contribution in [-0.2, 0) is 9.59 Å². The molecule has 0 aromatic heterocycles. The maximum atomic E-state index is 12.6. The van der Waals surface area contributed by atoms with Gasteiger partial charge < -0.3 is 5.32 Å². The first-order valence-electron chi connectivity index (χ1n) is 7.51. The molecule has 0 aliphatic carbocycles. The van der Waals surface area contributed by atoms with Crippen LogP contribution in [0.1, 0.15) is 12.0 Å². The number of hydrogen-bond donors (Lipinski definition) is 1. The van der Waals surface area contributed by atoms with Crippen molar-refractivity contribution in [1.29, 1.82) is 0 Å². The summed E-state index contributed by atoms with van der Waals surface area (Å²) in [4.78, 5) is 38.1. The normalized spacial score (nSPS) is 17.2. The van der Waals surface area contributed by atoms with Crippen LogP contribution in [0.15, 0.2) is 54.6 Å². The number of hydrogen-bond acceptors (Lipinski definition) is 4. The van der Waals surface area contributed by atoms with Gasteiger partial charge in [-0.1, -0.05) is 36.4 Å². The van der Waals surface area contributed by atoms with Crippen LogP contribution in [0, 0.1) is 6.92 Å². The molecular formula is C18H16N2O3S. The summed E-state index contributed by atoms with van der Waals surface area (Å²) < 4.78 is 0. The highest BCUT2D eigenvalue weighted by atomic mass is 32.2. The molecule has 0 spiro atoms. The van der Waals surface area contributed by atoms with Crippen LogP contribution in [0.25, 0.3) is 0 Å². The fraction of sp³-hybridized carbons (Fsp3) is 0.167. The van der Waals surface area contributed by atoms with Crippen LogP contribution in [0.3, 0.4) is 0 Å². The first kappa shape index (κ1) is 16.3. The van der Waals surface area contributed by atoms with Gasteiger partial charge in [-0.05, 0) is 42.4 Å². The molecule has 2 aromatic rings. The molecule has 1 saturated heterocycles. The molecule has 5 nitrogen and oxygen atoms in total. The smallest absolute Gasteiger partial charge is 0.293 e. The van der Waals surface area contributed by atoms with Crippen LogP contribution in [0.5, 0.6) is 0 Å². The molecule has 6 heteroatoms. The Labute approximate surface area is 144 Å². The summed E-state index contributed by atoms with van der Waals surface area (Å²) >= 11 is 0.901. The molecule has 1 fully saturated rings. The van der Waals surface area contributed by atoms with Gasteiger partial charge >= 0.3 is 0 Å². The molecular weight excluding hydrogens is 324 g/mol. The molecule has 1 N–H and O–H groups in total. The lowest BCUT2D eigenvalue weighted by molar-refractivity contribution is -0.121. The molecule has 3 rings (SSSR count). The number of imide groups is 1. The first-order chi connectivity index (χ1) is 11.6. The Morgan fingerprint density at radius 2 is 1.75 bits per heavy atom. The van der Waals surface area contributed by atoms with E-state index < -0.39 is 5.25 Å². The van der Waals surface area contributed by atoms with Gasteiger partial charge in [-0.2, -0.15) is 0 Å². The Balaban J connectivity index is 1.70. The highest BCUT2D eigenvalue weighted by Crippen LogP contribution is 2.34. The minimum Gasteiger partial charge on any atom is -0.326 e. The molecule has 2 aromatic carbocycles. The Hall–Kier alpha value is -2.60. The van der Waals surface area contributed by atoms with Gasteiger partial charge in [-0.3, -0.25) is 14.4 Å². The van der Waals surface area contributed by atoms with E-state index in [2.05, 4.69) is 5.32 Å². The van der Waals surface area contributed by atoms with Gasteiger partial charge in [0.05, 0.1) is 5.69 Å². The number of benzene rings is 2. The van der Waals surface area contributed by atoms with Crippen LogP contribution in [-0.4, -0.2) is 22.3 Å². The molecule has 1 atom stereocenters. The molecule has 3 amide bonds. The second-order valence-electron chi connectivity index (χ2n) is 5.45. The number of carbonyl (C=O) groups is 3. The second kappa shape index (κ2) is 6.88. The number of anilines is 2. The number of thioether (sulfide) groups is 1. The number of carbonyl (C=O) groups excluding carboxylic acids is 3. The van der Waals surface area contributed by atoms with Crippen molar-refractivity contribution >= 4 is 40.2 Å². The van der Waals surface area contributed by atoms with E-state index in [1.54, 1.807) is 24.3 Å². The summed E-state index contributed by atoms with van der Waals surface area (Å²) in [5.41, 5.74) is 2.08. The van der Waals surface area contributed by atoms with Crippen LogP contribution >= 0.6 is 11.8 Å². The van der Waals surface area contributed by atoms with E-state index in [-0.39, 0.29) is 23.5 Å². The quantitative estimate of drug-likeness (QED) is 0.923. The summed E-state index contributed by atoms with van der Waals surface area (Å²) in [6.07, 6.45) is -0.0352. The van der Waals surface area contributed by atoms with Crippen molar-refractivity contribution in [3.63, 3.8) is 0 Å². The maximum Gasteiger partial charge on any atom is 0.293 e. The van der Waals surface area contributed by atoms with Crippen molar-refractivity contribution in [3.05, 3.63) is 60.2 Å². The van der Waals surface area contributed by atoms with Gasteiger partial charge in [0.25, 0.3) is 5.24 Å². The average Bonchev–Trinajstić information content (AvgIpc) is 2.83. The Bertz CT molecular complexity index is 792. The number of nitrogens with one attached hydrogen (secondary N) is 1. The zero-order valence-electron chi connectivity index (χ0n) is 13.1. The Morgan fingerprint density at radius 1 is 1.08 bits per heavy atom. The first-order valence-corrected chi connectivity index (χ1v) is 8.39. The maximum absolute atomic E-state index is 12.6. The van der Waals surface area contributed by atoms with Gasteiger partial charge in [0.1, 0.15) is 5.25 Å². The van der Waals surface area contributed by atoms with Crippen molar-refractivity contribution in [2.45, 2.75) is 18.6 Å². The van der Waals surface area contributed by atoms with Crippen molar-refractivity contribution in [1.82, 2.24) is 0 Å². The Kier molecular flexibility index (Phi) is 4.66. The van der Waals surface area contributed by atoms with Crippen LogP contribution in [0.2, 0.25) is 0 Å². The monoisotopic (exact) mass is 340 g/mol. The van der Waals surface area contributed by atoms with E-state index in [1.165, 1.54) is 4.90 Å². The number of nitrogens with zero attached hydrogens (tertiary/aromatic N) is 1. The summed E-state index contributed by atoms with van der Waals surface area (Å²) in [5, 5.41) is 1.70. The lowest BCUT2D eigenvalue weighted by Gasteiger charge is -2.16. The number of para-hydroxylation sites is 2. The molecule has 0 bridgehead atoms. The third-order valence-electron chi connectivity index (χ3n) is 3.71.